The fourth-order valence-corrected chi connectivity index (χ4v) is 5.50. The molecule has 0 N–H and O–H groups in total. The van der Waals surface area contributed by atoms with Crippen molar-refractivity contribution in [2.24, 2.45) is 0 Å². The number of benzene rings is 4. The number of hydrogen-bond donors (Lipinski definition) is 0. The summed E-state index contributed by atoms with van der Waals surface area (Å²) in [6, 6.07) is 35.6. The maximum Gasteiger partial charge on any atom is 0.222 e. The summed E-state index contributed by atoms with van der Waals surface area (Å²) in [6.45, 7) is 9.03. The van der Waals surface area contributed by atoms with E-state index in [-0.39, 0.29) is 12.2 Å². The molecule has 2 aliphatic rings. The van der Waals surface area contributed by atoms with Crippen LogP contribution in [0.5, 0.6) is 34.8 Å². The van der Waals surface area contributed by atoms with Gasteiger partial charge in [-0.1, -0.05) is 48.5 Å². The Morgan fingerprint density at radius 1 is 0.455 bits per heavy atom. The van der Waals surface area contributed by atoms with Crippen LogP contribution in [0, 0.1) is 6.92 Å². The third-order valence-corrected chi connectivity index (χ3v) is 8.60. The van der Waals surface area contributed by atoms with Crippen LogP contribution in [-0.4, -0.2) is 96.5 Å². The van der Waals surface area contributed by atoms with Crippen molar-refractivity contribution in [1.82, 2.24) is 4.98 Å². The van der Waals surface area contributed by atoms with Crippen molar-refractivity contribution in [2.75, 3.05) is 79.3 Å². The van der Waals surface area contributed by atoms with Crippen LogP contribution in [0.1, 0.15) is 5.56 Å². The van der Waals surface area contributed by atoms with Crippen LogP contribution < -0.4 is 18.9 Å². The molecule has 288 valence electrons. The highest BCUT2D eigenvalue weighted by molar-refractivity contribution is 5.66. The van der Waals surface area contributed by atoms with Crippen molar-refractivity contribution >= 4 is 0 Å². The van der Waals surface area contributed by atoms with E-state index in [0.29, 0.717) is 89.3 Å². The van der Waals surface area contributed by atoms with Crippen molar-refractivity contribution in [3.8, 4) is 57.0 Å². The molecule has 2 aliphatic heterocycles. The minimum atomic E-state index is 0.278. The third-order valence-electron chi connectivity index (χ3n) is 8.60. The Bertz CT molecular complexity index is 1740. The summed E-state index contributed by atoms with van der Waals surface area (Å²) in [5.74, 6) is 3.84. The summed E-state index contributed by atoms with van der Waals surface area (Å²) in [5, 5.41) is 0. The smallest absolute Gasteiger partial charge is 0.222 e. The van der Waals surface area contributed by atoms with E-state index in [1.807, 2.05) is 116 Å². The van der Waals surface area contributed by atoms with Gasteiger partial charge in [0.05, 0.1) is 66.1 Å². The molecule has 0 amide bonds. The molecular weight excluding hydrogens is 702 g/mol. The summed E-state index contributed by atoms with van der Waals surface area (Å²) in [5.41, 5.74) is 5.24. The average molecular weight is 750 g/mol. The first-order valence-corrected chi connectivity index (χ1v) is 18.7. The highest BCUT2D eigenvalue weighted by atomic mass is 16.6. The number of nitrogens with zero attached hydrogens (tertiary/aromatic N) is 1. The Morgan fingerprint density at radius 3 is 1.15 bits per heavy atom. The molecule has 2 fully saturated rings. The third kappa shape index (κ3) is 13.1. The van der Waals surface area contributed by atoms with E-state index >= 15 is 0 Å². The highest BCUT2D eigenvalue weighted by Crippen LogP contribution is 2.31. The molecule has 4 aromatic carbocycles. The van der Waals surface area contributed by atoms with E-state index in [1.165, 1.54) is 0 Å². The van der Waals surface area contributed by atoms with E-state index in [9.17, 15) is 0 Å². The Balaban J connectivity index is 0.828. The molecule has 3 heterocycles. The lowest BCUT2D eigenvalue weighted by Crippen LogP contribution is -2.12. The molecule has 2 unspecified atom stereocenters. The maximum atomic E-state index is 6.13. The zero-order valence-electron chi connectivity index (χ0n) is 31.1. The van der Waals surface area contributed by atoms with Crippen molar-refractivity contribution in [1.29, 1.82) is 0 Å². The van der Waals surface area contributed by atoms with Gasteiger partial charge < -0.3 is 47.4 Å². The van der Waals surface area contributed by atoms with Gasteiger partial charge in [0.15, 0.2) is 0 Å². The van der Waals surface area contributed by atoms with Crippen LogP contribution in [0.3, 0.4) is 0 Å². The second kappa shape index (κ2) is 20.1. The summed E-state index contributed by atoms with van der Waals surface area (Å²) in [4.78, 5) is 4.61. The molecule has 11 heteroatoms. The second-order valence-electron chi connectivity index (χ2n) is 13.1. The van der Waals surface area contributed by atoms with Gasteiger partial charge in [-0.3, -0.25) is 0 Å². The number of rotatable bonds is 24. The first-order chi connectivity index (χ1) is 27.1. The molecule has 0 bridgehead atoms. The predicted molar refractivity (Wildman–Crippen MR) is 207 cm³/mol. The fraction of sp³-hybridized carbons (Fsp3) is 0.341. The Morgan fingerprint density at radius 2 is 0.782 bits per heavy atom. The Hall–Kier alpha value is -5.01. The normalized spacial score (nSPS) is 15.7. The highest BCUT2D eigenvalue weighted by Gasteiger charge is 2.22. The van der Waals surface area contributed by atoms with Crippen LogP contribution in [0.25, 0.3) is 22.3 Å². The van der Waals surface area contributed by atoms with Crippen molar-refractivity contribution in [3.63, 3.8) is 0 Å². The molecule has 0 saturated carbocycles. The zero-order chi connectivity index (χ0) is 37.5. The second-order valence-corrected chi connectivity index (χ2v) is 13.1. The SMILES string of the molecule is Cc1cc(Oc2ccc(-c3ccc(OCCOCCOCC4CO4)cc3)cc2)nc(Oc2ccc(-c3ccc(OCCOCCOCC4CO4)cc3)cc2)c1. The number of aryl methyl sites for hydroxylation is 1. The van der Waals surface area contributed by atoms with E-state index < -0.39 is 0 Å². The summed E-state index contributed by atoms with van der Waals surface area (Å²) < 4.78 is 56.2. The monoisotopic (exact) mass is 749 g/mol. The van der Waals surface area contributed by atoms with E-state index in [1.54, 1.807) is 0 Å². The summed E-state index contributed by atoms with van der Waals surface area (Å²) >= 11 is 0. The molecule has 7 rings (SSSR count). The summed E-state index contributed by atoms with van der Waals surface area (Å²) in [6.07, 6.45) is 0.557. The van der Waals surface area contributed by atoms with Crippen LogP contribution in [-0.2, 0) is 28.4 Å². The van der Waals surface area contributed by atoms with E-state index in [0.717, 1.165) is 52.5 Å². The lowest BCUT2D eigenvalue weighted by Gasteiger charge is -2.11. The van der Waals surface area contributed by atoms with E-state index in [4.69, 9.17) is 47.4 Å². The molecule has 0 spiro atoms. The number of hydrogen-bond acceptors (Lipinski definition) is 11. The molecule has 2 saturated heterocycles. The first kappa shape index (κ1) is 38.3. The molecule has 0 aliphatic carbocycles. The minimum absolute atomic E-state index is 0.278. The minimum Gasteiger partial charge on any atom is -0.491 e. The van der Waals surface area contributed by atoms with Gasteiger partial charge in [0.25, 0.3) is 0 Å². The van der Waals surface area contributed by atoms with Gasteiger partial charge in [-0.2, -0.15) is 4.98 Å². The van der Waals surface area contributed by atoms with Gasteiger partial charge in [-0.25, -0.2) is 0 Å². The topological polar surface area (TPSA) is 112 Å². The number of aromatic nitrogens is 1. The van der Waals surface area contributed by atoms with Gasteiger partial charge in [0, 0.05) is 12.1 Å². The maximum absolute atomic E-state index is 6.13. The van der Waals surface area contributed by atoms with Gasteiger partial charge in [0.1, 0.15) is 48.4 Å². The fourth-order valence-electron chi connectivity index (χ4n) is 5.50. The van der Waals surface area contributed by atoms with Gasteiger partial charge in [-0.15, -0.1) is 0 Å². The molecular formula is C44H47NO10. The number of epoxide rings is 2. The Kier molecular flexibility index (Phi) is 14.0. The van der Waals surface area contributed by atoms with Crippen LogP contribution >= 0.6 is 0 Å². The van der Waals surface area contributed by atoms with Crippen molar-refractivity contribution < 1.29 is 47.4 Å². The molecule has 0 radical (unpaired) electrons. The molecule has 5 aromatic rings. The number of ether oxygens (including phenoxy) is 10. The van der Waals surface area contributed by atoms with Crippen molar-refractivity contribution in [3.05, 3.63) is 115 Å². The first-order valence-electron chi connectivity index (χ1n) is 18.7. The zero-order valence-corrected chi connectivity index (χ0v) is 31.1. The summed E-state index contributed by atoms with van der Waals surface area (Å²) in [7, 11) is 0. The lowest BCUT2D eigenvalue weighted by molar-refractivity contribution is 0.0317. The van der Waals surface area contributed by atoms with Crippen LogP contribution in [0.4, 0.5) is 0 Å². The quantitative estimate of drug-likeness (QED) is 0.0453. The predicted octanol–water partition coefficient (Wildman–Crippen LogP) is 7.93. The standard InChI is InChI=1S/C44H47NO10/c1-32-26-43(54-39-14-6-35(7-15-39)33-2-10-37(11-3-33)50-24-22-46-18-20-48-28-41-30-52-41)45-44(27-32)55-40-16-8-36(9-17-40)34-4-12-38(13-5-34)51-25-23-47-19-21-49-29-42-31-53-42/h2-17,26-27,41-42H,18-25,28-31H2,1H3. The van der Waals surface area contributed by atoms with E-state index in [2.05, 4.69) is 4.98 Å². The van der Waals surface area contributed by atoms with Crippen LogP contribution in [0.2, 0.25) is 0 Å². The number of pyridine rings is 1. The lowest BCUT2D eigenvalue weighted by atomic mass is 10.1. The average Bonchev–Trinajstić information content (AvgIpc) is 4.15. The van der Waals surface area contributed by atoms with Crippen molar-refractivity contribution in [2.45, 2.75) is 19.1 Å². The van der Waals surface area contributed by atoms with Gasteiger partial charge >= 0.3 is 0 Å². The largest absolute Gasteiger partial charge is 0.491 e. The molecule has 1 aromatic heterocycles. The van der Waals surface area contributed by atoms with Gasteiger partial charge in [0.2, 0.25) is 11.8 Å². The molecule has 55 heavy (non-hydrogen) atoms. The molecule has 2 atom stereocenters. The van der Waals surface area contributed by atoms with Crippen LogP contribution in [0.15, 0.2) is 109 Å². The molecule has 11 nitrogen and oxygen atoms in total. The Labute approximate surface area is 321 Å². The van der Waals surface area contributed by atoms with Gasteiger partial charge in [-0.05, 0) is 83.3 Å².